The van der Waals surface area contributed by atoms with Crippen molar-refractivity contribution < 1.29 is 14.0 Å². The number of amides is 1. The maximum atomic E-state index is 13.8. The number of nitrogens with zero attached hydrogens (tertiary/aromatic N) is 1. The highest BCUT2D eigenvalue weighted by molar-refractivity contribution is 6.07. The van der Waals surface area contributed by atoms with Crippen molar-refractivity contribution in [2.24, 2.45) is 5.41 Å². The van der Waals surface area contributed by atoms with E-state index in [-0.39, 0.29) is 35.3 Å². The Labute approximate surface area is 158 Å². The minimum atomic E-state index is -0.383. The van der Waals surface area contributed by atoms with Gasteiger partial charge >= 0.3 is 0 Å². The zero-order chi connectivity index (χ0) is 19.2. The van der Waals surface area contributed by atoms with E-state index in [1.165, 1.54) is 12.1 Å². The van der Waals surface area contributed by atoms with E-state index in [4.69, 9.17) is 0 Å². The summed E-state index contributed by atoms with van der Waals surface area (Å²) in [5.41, 5.74) is 2.69. The smallest absolute Gasteiger partial charge is 0.232 e. The average molecular weight is 363 g/mol. The van der Waals surface area contributed by atoms with Crippen molar-refractivity contribution in [1.82, 2.24) is 0 Å². The van der Waals surface area contributed by atoms with Gasteiger partial charge in [-0.05, 0) is 41.7 Å². The summed E-state index contributed by atoms with van der Waals surface area (Å²) in [6, 6.07) is 15.7. The third-order valence-corrected chi connectivity index (χ3v) is 5.41. The van der Waals surface area contributed by atoms with Crippen molar-refractivity contribution >= 4 is 17.4 Å². The highest BCUT2D eigenvalue weighted by atomic mass is 19.1. The molecule has 0 N–H and O–H groups in total. The predicted molar refractivity (Wildman–Crippen MR) is 103 cm³/mol. The highest BCUT2D eigenvalue weighted by Crippen LogP contribution is 2.48. The quantitative estimate of drug-likeness (QED) is 0.754. The van der Waals surface area contributed by atoms with Crippen molar-refractivity contribution in [1.29, 1.82) is 0 Å². The van der Waals surface area contributed by atoms with Gasteiger partial charge in [0.25, 0.3) is 0 Å². The average Bonchev–Trinajstić information content (AvgIpc) is 2.60. The molecule has 1 heterocycles. The van der Waals surface area contributed by atoms with E-state index in [0.717, 1.165) is 11.4 Å². The molecule has 0 saturated carbocycles. The first-order valence-electron chi connectivity index (χ1n) is 9.25. The summed E-state index contributed by atoms with van der Waals surface area (Å²) in [4.78, 5) is 27.9. The van der Waals surface area contributed by atoms with Gasteiger partial charge in [-0.2, -0.15) is 0 Å². The molecule has 1 aliphatic carbocycles. The van der Waals surface area contributed by atoms with Crippen LogP contribution in [0.4, 0.5) is 10.1 Å². The Morgan fingerprint density at radius 1 is 1.00 bits per heavy atom. The van der Waals surface area contributed by atoms with Gasteiger partial charge in [0.05, 0.1) is 0 Å². The first-order chi connectivity index (χ1) is 12.9. The van der Waals surface area contributed by atoms with E-state index in [0.29, 0.717) is 24.0 Å². The SMILES string of the molecule is CC1(C)CC(=O)C2=C(C1)N(c1ccccc1)C(=O)CC2c1cccc(F)c1. The standard InChI is InChI=1S/C23H22FNO2/c1-23(2)13-19-22(20(26)14-23)18(15-7-6-8-16(24)11-15)12-21(27)25(19)17-9-4-3-5-10-17/h3-11,18H,12-14H2,1-2H3. The molecule has 27 heavy (non-hydrogen) atoms. The second-order valence-electron chi connectivity index (χ2n) is 8.18. The molecule has 138 valence electrons. The van der Waals surface area contributed by atoms with Crippen LogP contribution in [0.25, 0.3) is 0 Å². The fourth-order valence-electron chi connectivity index (χ4n) is 4.30. The maximum absolute atomic E-state index is 13.8. The first kappa shape index (κ1) is 17.7. The van der Waals surface area contributed by atoms with Crippen LogP contribution in [-0.4, -0.2) is 11.7 Å². The minimum Gasteiger partial charge on any atom is -0.294 e. The number of halogens is 1. The molecule has 0 bridgehead atoms. The monoisotopic (exact) mass is 363 g/mol. The summed E-state index contributed by atoms with van der Waals surface area (Å²) in [5.74, 6) is -0.730. The minimum absolute atomic E-state index is 0.0558. The summed E-state index contributed by atoms with van der Waals surface area (Å²) in [6.07, 6.45) is 1.25. The van der Waals surface area contributed by atoms with Gasteiger partial charge in [-0.1, -0.05) is 44.2 Å². The molecule has 2 aromatic rings. The Kier molecular flexibility index (Phi) is 4.22. The normalized spacial score (nSPS) is 22.0. The maximum Gasteiger partial charge on any atom is 0.232 e. The Bertz CT molecular complexity index is 946. The molecule has 1 amide bonds. The molecule has 0 radical (unpaired) electrons. The topological polar surface area (TPSA) is 37.4 Å². The zero-order valence-corrected chi connectivity index (χ0v) is 15.5. The Morgan fingerprint density at radius 3 is 2.44 bits per heavy atom. The van der Waals surface area contributed by atoms with Gasteiger partial charge in [0, 0.05) is 35.7 Å². The Morgan fingerprint density at radius 2 is 1.74 bits per heavy atom. The third-order valence-electron chi connectivity index (χ3n) is 5.41. The predicted octanol–water partition coefficient (Wildman–Crippen LogP) is 4.99. The number of allylic oxidation sites excluding steroid dienone is 2. The zero-order valence-electron chi connectivity index (χ0n) is 15.5. The number of benzene rings is 2. The number of rotatable bonds is 2. The van der Waals surface area contributed by atoms with Gasteiger partial charge in [0.15, 0.2) is 5.78 Å². The van der Waals surface area contributed by atoms with E-state index >= 15 is 0 Å². The molecular weight excluding hydrogens is 341 g/mol. The van der Waals surface area contributed by atoms with E-state index in [2.05, 4.69) is 0 Å². The van der Waals surface area contributed by atoms with Crippen LogP contribution in [0.1, 0.15) is 44.6 Å². The van der Waals surface area contributed by atoms with E-state index in [1.807, 2.05) is 44.2 Å². The van der Waals surface area contributed by atoms with Crippen LogP contribution in [0.15, 0.2) is 65.9 Å². The highest BCUT2D eigenvalue weighted by Gasteiger charge is 2.44. The molecule has 0 spiro atoms. The lowest BCUT2D eigenvalue weighted by atomic mass is 9.69. The van der Waals surface area contributed by atoms with Gasteiger partial charge in [0.2, 0.25) is 5.91 Å². The molecule has 4 heteroatoms. The number of para-hydroxylation sites is 1. The number of anilines is 1. The van der Waals surface area contributed by atoms with E-state index in [9.17, 15) is 14.0 Å². The largest absolute Gasteiger partial charge is 0.294 e. The summed E-state index contributed by atoms with van der Waals surface area (Å²) < 4.78 is 13.8. The van der Waals surface area contributed by atoms with Crippen molar-refractivity contribution in [3.05, 3.63) is 77.2 Å². The second kappa shape index (κ2) is 6.45. The number of ketones is 1. The lowest BCUT2D eigenvalue weighted by Gasteiger charge is -2.43. The number of Topliss-reactive ketones (excluding diaryl/α,β-unsaturated/α-hetero) is 1. The van der Waals surface area contributed by atoms with E-state index < -0.39 is 0 Å². The fourth-order valence-corrected chi connectivity index (χ4v) is 4.30. The molecule has 1 unspecified atom stereocenters. The molecular formula is C23H22FNO2. The van der Waals surface area contributed by atoms with Crippen molar-refractivity contribution in [3.63, 3.8) is 0 Å². The molecule has 1 atom stereocenters. The number of carbonyl (C=O) groups excluding carboxylic acids is 2. The molecule has 0 aromatic heterocycles. The summed E-state index contributed by atoms with van der Waals surface area (Å²) in [5, 5.41) is 0. The molecule has 2 aliphatic rings. The molecule has 1 aliphatic heterocycles. The van der Waals surface area contributed by atoms with Crippen LogP contribution >= 0.6 is 0 Å². The van der Waals surface area contributed by atoms with E-state index in [1.54, 1.807) is 17.0 Å². The van der Waals surface area contributed by atoms with Crippen LogP contribution in [0.5, 0.6) is 0 Å². The van der Waals surface area contributed by atoms with Crippen molar-refractivity contribution in [2.75, 3.05) is 4.90 Å². The lowest BCUT2D eigenvalue weighted by Crippen LogP contribution is -2.43. The summed E-state index contributed by atoms with van der Waals surface area (Å²) in [7, 11) is 0. The van der Waals surface area contributed by atoms with Crippen LogP contribution in [0, 0.1) is 11.2 Å². The number of hydrogen-bond donors (Lipinski definition) is 0. The van der Waals surface area contributed by atoms with Gasteiger partial charge in [0.1, 0.15) is 5.82 Å². The lowest BCUT2D eigenvalue weighted by molar-refractivity contribution is -0.121. The Balaban J connectivity index is 1.90. The van der Waals surface area contributed by atoms with Crippen LogP contribution in [-0.2, 0) is 9.59 Å². The van der Waals surface area contributed by atoms with Crippen LogP contribution in [0.3, 0.4) is 0 Å². The molecule has 0 fully saturated rings. The summed E-state index contributed by atoms with van der Waals surface area (Å²) >= 11 is 0. The molecule has 0 saturated heterocycles. The van der Waals surface area contributed by atoms with Gasteiger partial charge < -0.3 is 0 Å². The molecule has 4 rings (SSSR count). The molecule has 2 aromatic carbocycles. The number of hydrogen-bond acceptors (Lipinski definition) is 2. The first-order valence-corrected chi connectivity index (χ1v) is 9.25. The van der Waals surface area contributed by atoms with Crippen molar-refractivity contribution in [3.8, 4) is 0 Å². The third kappa shape index (κ3) is 3.20. The van der Waals surface area contributed by atoms with Crippen LogP contribution in [0.2, 0.25) is 0 Å². The van der Waals surface area contributed by atoms with Gasteiger partial charge in [-0.3, -0.25) is 14.5 Å². The van der Waals surface area contributed by atoms with Gasteiger partial charge in [-0.25, -0.2) is 4.39 Å². The second-order valence-corrected chi connectivity index (χ2v) is 8.18. The van der Waals surface area contributed by atoms with Gasteiger partial charge in [-0.15, -0.1) is 0 Å². The van der Waals surface area contributed by atoms with Crippen molar-refractivity contribution in [2.45, 2.75) is 39.0 Å². The summed E-state index contributed by atoms with van der Waals surface area (Å²) in [6.45, 7) is 4.10. The Hall–Kier alpha value is -2.75. The molecule has 3 nitrogen and oxygen atoms in total. The number of carbonyl (C=O) groups is 2. The fraction of sp³-hybridized carbons (Fsp3) is 0.304. The van der Waals surface area contributed by atoms with Crippen LogP contribution < -0.4 is 4.90 Å².